The summed E-state index contributed by atoms with van der Waals surface area (Å²) in [5, 5.41) is 24.2. The van der Waals surface area contributed by atoms with Crippen LogP contribution in [0.1, 0.15) is 0 Å². The number of hydrogen-bond acceptors (Lipinski definition) is 7. The van der Waals surface area contributed by atoms with Gasteiger partial charge in [0.2, 0.25) is 5.91 Å². The highest BCUT2D eigenvalue weighted by atomic mass is 32.2. The minimum atomic E-state index is -0.504. The fourth-order valence-corrected chi connectivity index (χ4v) is 3.54. The van der Waals surface area contributed by atoms with Gasteiger partial charge in [-0.2, -0.15) is 0 Å². The van der Waals surface area contributed by atoms with Gasteiger partial charge in [-0.1, -0.05) is 23.9 Å². The molecule has 0 fully saturated rings. The molecule has 0 aliphatic carbocycles. The van der Waals surface area contributed by atoms with Crippen LogP contribution >= 0.6 is 23.1 Å². The summed E-state index contributed by atoms with van der Waals surface area (Å²) in [7, 11) is 1.84. The maximum Gasteiger partial charge on any atom is 0.271 e. The zero-order chi connectivity index (χ0) is 17.8. The predicted molar refractivity (Wildman–Crippen MR) is 96.8 cm³/mol. The highest BCUT2D eigenvalue weighted by molar-refractivity contribution is 7.99. The van der Waals surface area contributed by atoms with Gasteiger partial charge in [0.1, 0.15) is 0 Å². The van der Waals surface area contributed by atoms with E-state index in [9.17, 15) is 14.9 Å². The number of nitro groups is 1. The van der Waals surface area contributed by atoms with Crippen LogP contribution in [0.2, 0.25) is 0 Å². The van der Waals surface area contributed by atoms with Crippen LogP contribution < -0.4 is 5.32 Å². The number of nitrogens with one attached hydrogen (secondary N) is 1. The number of hydrogen-bond donors (Lipinski definition) is 1. The average Bonchev–Trinajstić information content (AvgIpc) is 3.23. The second-order valence-electron chi connectivity index (χ2n) is 4.99. The minimum Gasteiger partial charge on any atom is -0.325 e. The highest BCUT2D eigenvalue weighted by Crippen LogP contribution is 2.26. The number of carbonyl (C=O) groups excluding carboxylic acids is 1. The minimum absolute atomic E-state index is 0.0701. The van der Waals surface area contributed by atoms with Gasteiger partial charge in [-0.25, -0.2) is 0 Å². The van der Waals surface area contributed by atoms with Gasteiger partial charge in [-0.3, -0.25) is 14.9 Å². The Morgan fingerprint density at radius 3 is 2.92 bits per heavy atom. The molecule has 8 nitrogen and oxygen atoms in total. The van der Waals surface area contributed by atoms with Crippen molar-refractivity contribution in [3.8, 4) is 10.7 Å². The zero-order valence-electron chi connectivity index (χ0n) is 13.1. The van der Waals surface area contributed by atoms with Crippen LogP contribution in [0.3, 0.4) is 0 Å². The van der Waals surface area contributed by atoms with E-state index in [-0.39, 0.29) is 17.3 Å². The highest BCUT2D eigenvalue weighted by Gasteiger charge is 2.14. The molecule has 10 heteroatoms. The third-order valence-electron chi connectivity index (χ3n) is 3.25. The summed E-state index contributed by atoms with van der Waals surface area (Å²) in [5.74, 6) is 0.599. The van der Waals surface area contributed by atoms with Crippen molar-refractivity contribution < 1.29 is 9.72 Å². The van der Waals surface area contributed by atoms with Crippen LogP contribution in [0.15, 0.2) is 46.9 Å². The van der Waals surface area contributed by atoms with Crippen molar-refractivity contribution in [1.82, 2.24) is 14.8 Å². The first-order chi connectivity index (χ1) is 12.0. The number of anilines is 1. The summed E-state index contributed by atoms with van der Waals surface area (Å²) in [6, 6.07) is 9.71. The molecular weight excluding hydrogens is 362 g/mol. The number of aromatic nitrogens is 3. The van der Waals surface area contributed by atoms with Crippen molar-refractivity contribution in [3.63, 3.8) is 0 Å². The number of nitrogens with zero attached hydrogens (tertiary/aromatic N) is 4. The Labute approximate surface area is 151 Å². The summed E-state index contributed by atoms with van der Waals surface area (Å²) in [6.07, 6.45) is 0. The maximum absolute atomic E-state index is 12.1. The molecule has 2 aromatic heterocycles. The van der Waals surface area contributed by atoms with E-state index in [1.807, 2.05) is 29.1 Å². The number of amides is 1. The monoisotopic (exact) mass is 375 g/mol. The molecule has 0 spiro atoms. The fraction of sp³-hybridized carbons (Fsp3) is 0.133. The van der Waals surface area contributed by atoms with E-state index < -0.39 is 4.92 Å². The van der Waals surface area contributed by atoms with Crippen molar-refractivity contribution in [2.24, 2.45) is 7.05 Å². The first-order valence-corrected chi connectivity index (χ1v) is 9.01. The Hall–Kier alpha value is -2.72. The van der Waals surface area contributed by atoms with E-state index >= 15 is 0 Å². The van der Waals surface area contributed by atoms with Gasteiger partial charge in [-0.15, -0.1) is 21.5 Å². The number of nitro benzene ring substituents is 1. The van der Waals surface area contributed by atoms with E-state index in [4.69, 9.17) is 0 Å². The average molecular weight is 375 g/mol. The van der Waals surface area contributed by atoms with Gasteiger partial charge < -0.3 is 9.88 Å². The number of non-ortho nitro benzene ring substituents is 1. The molecule has 0 saturated carbocycles. The molecule has 25 heavy (non-hydrogen) atoms. The molecule has 3 aromatic rings. The maximum atomic E-state index is 12.1. The SMILES string of the molecule is Cn1c(SCC(=O)Nc2cccc([N+](=O)[O-])c2)nnc1-c1cccs1. The van der Waals surface area contributed by atoms with Gasteiger partial charge in [-0.05, 0) is 17.5 Å². The third kappa shape index (κ3) is 4.03. The van der Waals surface area contributed by atoms with Gasteiger partial charge in [0.25, 0.3) is 5.69 Å². The van der Waals surface area contributed by atoms with Gasteiger partial charge in [0.15, 0.2) is 11.0 Å². The second-order valence-corrected chi connectivity index (χ2v) is 6.88. The largest absolute Gasteiger partial charge is 0.325 e. The quantitative estimate of drug-likeness (QED) is 0.403. The normalized spacial score (nSPS) is 10.6. The first-order valence-electron chi connectivity index (χ1n) is 7.15. The summed E-state index contributed by atoms with van der Waals surface area (Å²) >= 11 is 2.82. The fourth-order valence-electron chi connectivity index (χ4n) is 2.09. The Bertz CT molecular complexity index is 908. The van der Waals surface area contributed by atoms with Crippen LogP contribution in [0.4, 0.5) is 11.4 Å². The molecular formula is C15H13N5O3S2. The van der Waals surface area contributed by atoms with Crippen LogP contribution in [0, 0.1) is 10.1 Å². The zero-order valence-corrected chi connectivity index (χ0v) is 14.7. The molecule has 128 valence electrons. The van der Waals surface area contributed by atoms with Gasteiger partial charge in [0.05, 0.1) is 15.6 Å². The molecule has 0 aliphatic heterocycles. The van der Waals surface area contributed by atoms with E-state index in [0.717, 1.165) is 10.7 Å². The van der Waals surface area contributed by atoms with Crippen LogP contribution in [0.5, 0.6) is 0 Å². The molecule has 0 radical (unpaired) electrons. The smallest absolute Gasteiger partial charge is 0.271 e. The number of benzene rings is 1. The standard InChI is InChI=1S/C15H13N5O3S2/c1-19-14(12-6-3-7-24-12)17-18-15(19)25-9-13(21)16-10-4-2-5-11(8-10)20(22)23/h2-8H,9H2,1H3,(H,16,21). The lowest BCUT2D eigenvalue weighted by Crippen LogP contribution is -2.14. The van der Waals surface area contributed by atoms with Crippen molar-refractivity contribution in [2.45, 2.75) is 5.16 Å². The van der Waals surface area contributed by atoms with Crippen LogP contribution in [-0.2, 0) is 11.8 Å². The summed E-state index contributed by atoms with van der Waals surface area (Å²) in [4.78, 5) is 23.3. The number of thioether (sulfide) groups is 1. The van der Waals surface area contributed by atoms with Crippen molar-refractivity contribution in [1.29, 1.82) is 0 Å². The number of carbonyl (C=O) groups is 1. The van der Waals surface area contributed by atoms with Crippen molar-refractivity contribution in [3.05, 3.63) is 51.9 Å². The molecule has 0 aliphatic rings. The molecule has 0 bridgehead atoms. The Kier molecular flexibility index (Phi) is 5.10. The number of thiophene rings is 1. The Morgan fingerprint density at radius 1 is 1.36 bits per heavy atom. The summed E-state index contributed by atoms with van der Waals surface area (Å²) in [5.41, 5.74) is 0.316. The molecule has 0 atom stereocenters. The van der Waals surface area contributed by atoms with E-state index in [2.05, 4.69) is 15.5 Å². The second kappa shape index (κ2) is 7.45. The lowest BCUT2D eigenvalue weighted by Gasteiger charge is -2.05. The Morgan fingerprint density at radius 2 is 2.20 bits per heavy atom. The lowest BCUT2D eigenvalue weighted by atomic mass is 10.3. The predicted octanol–water partition coefficient (Wildman–Crippen LogP) is 3.18. The summed E-state index contributed by atoms with van der Waals surface area (Å²) < 4.78 is 1.83. The lowest BCUT2D eigenvalue weighted by molar-refractivity contribution is -0.384. The van der Waals surface area contributed by atoms with Gasteiger partial charge in [0, 0.05) is 24.9 Å². The van der Waals surface area contributed by atoms with Crippen molar-refractivity contribution in [2.75, 3.05) is 11.1 Å². The molecule has 1 amide bonds. The van der Waals surface area contributed by atoms with E-state index in [1.54, 1.807) is 17.4 Å². The van der Waals surface area contributed by atoms with E-state index in [0.29, 0.717) is 10.8 Å². The molecule has 3 rings (SSSR count). The first kappa shape index (κ1) is 17.1. The van der Waals surface area contributed by atoms with Crippen LogP contribution in [-0.4, -0.2) is 31.3 Å². The topological polar surface area (TPSA) is 103 Å². The summed E-state index contributed by atoms with van der Waals surface area (Å²) in [6.45, 7) is 0. The molecule has 0 unspecified atom stereocenters. The van der Waals surface area contributed by atoms with E-state index in [1.165, 1.54) is 30.0 Å². The third-order valence-corrected chi connectivity index (χ3v) is 5.14. The molecule has 0 saturated heterocycles. The van der Waals surface area contributed by atoms with Crippen LogP contribution in [0.25, 0.3) is 10.7 Å². The molecule has 1 N–H and O–H groups in total. The van der Waals surface area contributed by atoms with Gasteiger partial charge >= 0.3 is 0 Å². The van der Waals surface area contributed by atoms with Crippen molar-refractivity contribution >= 4 is 40.4 Å². The Balaban J connectivity index is 1.61. The molecule has 2 heterocycles. The molecule has 1 aromatic carbocycles. The number of rotatable bonds is 6.